The number of anilines is 1. The van der Waals surface area contributed by atoms with Crippen molar-refractivity contribution in [3.63, 3.8) is 0 Å². The van der Waals surface area contributed by atoms with Crippen molar-refractivity contribution in [2.24, 2.45) is 0 Å². The average Bonchev–Trinajstić information content (AvgIpc) is 3.84. The van der Waals surface area contributed by atoms with Crippen molar-refractivity contribution < 1.29 is 33.3 Å². The average molecular weight is 666 g/mol. The minimum Gasteiger partial charge on any atom is -0.493 e. The number of methoxy groups -OCH3 is 1. The molecule has 1 fully saturated rings. The fraction of sp³-hybridized carbons (Fsp3) is 0.243. The number of esters is 1. The summed E-state index contributed by atoms with van der Waals surface area (Å²) in [6.45, 7) is 0.111. The van der Waals surface area contributed by atoms with E-state index >= 15 is 0 Å². The second-order valence-electron chi connectivity index (χ2n) is 11.3. The summed E-state index contributed by atoms with van der Waals surface area (Å²) in [6.07, 6.45) is 5.42. The molecule has 2 aromatic heterocycles. The van der Waals surface area contributed by atoms with E-state index in [1.165, 1.54) is 18.4 Å². The highest BCUT2D eigenvalue weighted by molar-refractivity contribution is 7.12. The molecule has 246 valence electrons. The molecule has 11 heteroatoms. The molecular weight excluding hydrogens is 630 g/mol. The Morgan fingerprint density at radius 1 is 0.896 bits per heavy atom. The first-order chi connectivity index (χ1) is 23.5. The van der Waals surface area contributed by atoms with Crippen LogP contribution in [0.5, 0.6) is 23.0 Å². The van der Waals surface area contributed by atoms with E-state index in [0.29, 0.717) is 50.0 Å². The van der Waals surface area contributed by atoms with E-state index in [4.69, 9.17) is 18.9 Å². The highest BCUT2D eigenvalue weighted by atomic mass is 32.1. The smallest absolute Gasteiger partial charge is 0.329 e. The lowest BCUT2D eigenvalue weighted by Gasteiger charge is -2.20. The number of rotatable bonds is 13. The van der Waals surface area contributed by atoms with E-state index < -0.39 is 12.0 Å². The first-order valence-corrected chi connectivity index (χ1v) is 16.6. The first-order valence-electron chi connectivity index (χ1n) is 15.8. The van der Waals surface area contributed by atoms with Gasteiger partial charge >= 0.3 is 5.97 Å². The minimum absolute atomic E-state index is 0.111. The summed E-state index contributed by atoms with van der Waals surface area (Å²) >= 11 is 1.30. The molecule has 1 aliphatic carbocycles. The van der Waals surface area contributed by atoms with Gasteiger partial charge in [0.05, 0.1) is 24.1 Å². The molecule has 5 aromatic rings. The van der Waals surface area contributed by atoms with Crippen molar-refractivity contribution in [2.45, 2.75) is 44.2 Å². The summed E-state index contributed by atoms with van der Waals surface area (Å²) in [7, 11) is 1.54. The molecular formula is C37H35N3O7S. The number of hydrogen-bond donors (Lipinski definition) is 2. The van der Waals surface area contributed by atoms with Gasteiger partial charge in [-0.25, -0.2) is 4.79 Å². The van der Waals surface area contributed by atoms with Crippen LogP contribution in [0.15, 0.2) is 96.5 Å². The van der Waals surface area contributed by atoms with Gasteiger partial charge in [-0.05, 0) is 85.7 Å². The van der Waals surface area contributed by atoms with Crippen LogP contribution in [0.1, 0.15) is 52.1 Å². The maximum absolute atomic E-state index is 13.1. The van der Waals surface area contributed by atoms with Crippen molar-refractivity contribution in [1.82, 2.24) is 10.3 Å². The first kappa shape index (κ1) is 32.5. The number of fused-ring (bicyclic) bond motifs is 1. The van der Waals surface area contributed by atoms with E-state index in [-0.39, 0.29) is 30.9 Å². The fourth-order valence-electron chi connectivity index (χ4n) is 5.44. The van der Waals surface area contributed by atoms with Gasteiger partial charge in [0.15, 0.2) is 11.5 Å². The standard InChI is InChI=1S/C37H35N3O7S/c1-44-32-22-28-30(38-19-17-31(28)46-27-15-13-25(14-16-27)39-35(41)24-8-3-2-4-9-24)23-33(32)45-20-18-29(37(43)47-26-10-5-6-11-26)40-36(42)34-12-7-21-48-34/h2-4,7-9,12-17,19,21-23,26,29H,5-6,10-11,18,20H2,1H3,(H,39,41)(H,40,42). The second-order valence-corrected chi connectivity index (χ2v) is 12.2. The SMILES string of the molecule is COc1cc2c(Oc3ccc(NC(=O)c4ccccc4)cc3)ccnc2cc1OCCC(NC(=O)c1cccs1)C(=O)OC1CCCC1. The Kier molecular flexibility index (Phi) is 10.5. The summed E-state index contributed by atoms with van der Waals surface area (Å²) in [6, 6.07) is 24.0. The Bertz CT molecular complexity index is 1860. The van der Waals surface area contributed by atoms with Crippen LogP contribution in [0.3, 0.4) is 0 Å². The number of thiophene rings is 1. The molecule has 1 aliphatic rings. The summed E-state index contributed by atoms with van der Waals surface area (Å²) in [5, 5.41) is 8.21. The van der Waals surface area contributed by atoms with E-state index in [0.717, 1.165) is 25.7 Å². The monoisotopic (exact) mass is 665 g/mol. The van der Waals surface area contributed by atoms with Crippen molar-refractivity contribution >= 4 is 45.7 Å². The summed E-state index contributed by atoms with van der Waals surface area (Å²) < 4.78 is 23.7. The maximum Gasteiger partial charge on any atom is 0.329 e. The third-order valence-corrected chi connectivity index (χ3v) is 8.82. The topological polar surface area (TPSA) is 125 Å². The largest absolute Gasteiger partial charge is 0.493 e. The van der Waals surface area contributed by atoms with Crippen LogP contribution in [0, 0.1) is 0 Å². The quantitative estimate of drug-likeness (QED) is 0.125. The molecule has 1 atom stereocenters. The molecule has 0 spiro atoms. The lowest BCUT2D eigenvalue weighted by atomic mass is 10.1. The van der Waals surface area contributed by atoms with Gasteiger partial charge in [-0.1, -0.05) is 24.3 Å². The molecule has 2 amide bonds. The van der Waals surface area contributed by atoms with Crippen LogP contribution < -0.4 is 24.8 Å². The summed E-state index contributed by atoms with van der Waals surface area (Å²) in [4.78, 5) is 43.4. The summed E-state index contributed by atoms with van der Waals surface area (Å²) in [5.74, 6) is 1.02. The van der Waals surface area contributed by atoms with Crippen LogP contribution in [-0.4, -0.2) is 48.6 Å². The molecule has 0 bridgehead atoms. The zero-order valence-corrected chi connectivity index (χ0v) is 27.2. The molecule has 2 N–H and O–H groups in total. The van der Waals surface area contributed by atoms with Crippen LogP contribution in [0.4, 0.5) is 5.69 Å². The molecule has 0 radical (unpaired) electrons. The van der Waals surface area contributed by atoms with Gasteiger partial charge in [-0.2, -0.15) is 0 Å². The van der Waals surface area contributed by atoms with E-state index in [9.17, 15) is 14.4 Å². The predicted molar refractivity (Wildman–Crippen MR) is 183 cm³/mol. The number of hydrogen-bond acceptors (Lipinski definition) is 9. The van der Waals surface area contributed by atoms with Crippen LogP contribution in [0.2, 0.25) is 0 Å². The van der Waals surface area contributed by atoms with Crippen molar-refractivity contribution in [3.8, 4) is 23.0 Å². The third kappa shape index (κ3) is 8.10. The van der Waals surface area contributed by atoms with Gasteiger partial charge in [0.1, 0.15) is 23.6 Å². The normalized spacial score (nSPS) is 13.4. The Hall–Kier alpha value is -5.42. The molecule has 10 nitrogen and oxygen atoms in total. The highest BCUT2D eigenvalue weighted by Crippen LogP contribution is 2.37. The second kappa shape index (κ2) is 15.4. The Labute approximate surface area is 282 Å². The lowest BCUT2D eigenvalue weighted by molar-refractivity contribution is -0.151. The van der Waals surface area contributed by atoms with Crippen LogP contribution >= 0.6 is 11.3 Å². The van der Waals surface area contributed by atoms with Crippen molar-refractivity contribution in [3.05, 3.63) is 107 Å². The fourth-order valence-corrected chi connectivity index (χ4v) is 6.07. The summed E-state index contributed by atoms with van der Waals surface area (Å²) in [5.41, 5.74) is 1.82. The maximum atomic E-state index is 13.1. The van der Waals surface area contributed by atoms with Gasteiger partial charge in [-0.15, -0.1) is 11.3 Å². The Balaban J connectivity index is 1.12. The number of nitrogens with zero attached hydrogens (tertiary/aromatic N) is 1. The molecule has 3 aromatic carbocycles. The zero-order chi connectivity index (χ0) is 33.3. The Morgan fingerprint density at radius 3 is 2.42 bits per heavy atom. The van der Waals surface area contributed by atoms with E-state index in [1.54, 1.807) is 72.9 Å². The van der Waals surface area contributed by atoms with E-state index in [1.807, 2.05) is 23.6 Å². The number of carbonyl (C=O) groups excluding carboxylic acids is 3. The highest BCUT2D eigenvalue weighted by Gasteiger charge is 2.28. The van der Waals surface area contributed by atoms with Gasteiger partial charge in [0.25, 0.3) is 11.8 Å². The molecule has 1 saturated carbocycles. The van der Waals surface area contributed by atoms with Gasteiger partial charge < -0.3 is 29.6 Å². The Morgan fingerprint density at radius 2 is 1.69 bits per heavy atom. The predicted octanol–water partition coefficient (Wildman–Crippen LogP) is 7.40. The number of benzene rings is 3. The molecule has 0 aliphatic heterocycles. The zero-order valence-electron chi connectivity index (χ0n) is 26.3. The van der Waals surface area contributed by atoms with Crippen molar-refractivity contribution in [2.75, 3.05) is 19.0 Å². The number of aromatic nitrogens is 1. The third-order valence-electron chi connectivity index (χ3n) is 7.95. The van der Waals surface area contributed by atoms with E-state index in [2.05, 4.69) is 15.6 Å². The number of amides is 2. The number of ether oxygens (including phenoxy) is 4. The van der Waals surface area contributed by atoms with Crippen LogP contribution in [0.25, 0.3) is 10.9 Å². The number of carbonyl (C=O) groups is 3. The molecule has 0 saturated heterocycles. The molecule has 6 rings (SSSR count). The number of nitrogens with one attached hydrogen (secondary N) is 2. The van der Waals surface area contributed by atoms with Crippen molar-refractivity contribution in [1.29, 1.82) is 0 Å². The van der Waals surface area contributed by atoms with Gasteiger partial charge in [-0.3, -0.25) is 14.6 Å². The minimum atomic E-state index is -0.872. The molecule has 48 heavy (non-hydrogen) atoms. The molecule has 1 unspecified atom stereocenters. The number of pyridine rings is 1. The molecule has 2 heterocycles. The van der Waals surface area contributed by atoms with Crippen LogP contribution in [-0.2, 0) is 9.53 Å². The van der Waals surface area contributed by atoms with Gasteiger partial charge in [0.2, 0.25) is 0 Å². The lowest BCUT2D eigenvalue weighted by Crippen LogP contribution is -2.43. The van der Waals surface area contributed by atoms with Gasteiger partial charge in [0, 0.05) is 35.3 Å².